The molecule has 6 heteroatoms. The third-order valence-electron chi connectivity index (χ3n) is 4.24. The molecule has 1 saturated heterocycles. The molecule has 22 heavy (non-hydrogen) atoms. The number of aliphatic carboxylic acids is 1. The van der Waals surface area contributed by atoms with Crippen molar-refractivity contribution in [2.45, 2.75) is 24.9 Å². The first-order valence-electron chi connectivity index (χ1n) is 7.42. The molecule has 1 aliphatic heterocycles. The van der Waals surface area contributed by atoms with E-state index in [2.05, 4.69) is 0 Å². The number of rotatable bonds is 4. The quantitative estimate of drug-likeness (QED) is 0.918. The minimum absolute atomic E-state index is 0.0213. The number of morpholine rings is 1. The summed E-state index contributed by atoms with van der Waals surface area (Å²) in [5, 5.41) is 8.81. The average molecular weight is 307 g/mol. The lowest BCUT2D eigenvalue weighted by Crippen LogP contribution is -2.47. The van der Waals surface area contributed by atoms with Crippen LogP contribution in [-0.2, 0) is 14.3 Å². The number of ether oxygens (including phenoxy) is 1. The zero-order chi connectivity index (χ0) is 15.7. The van der Waals surface area contributed by atoms with Crippen LogP contribution in [0.25, 0.3) is 0 Å². The average Bonchev–Trinajstić information content (AvgIpc) is 3.26. The second-order valence-electron chi connectivity index (χ2n) is 5.88. The molecular formula is C16H18FNO4. The van der Waals surface area contributed by atoms with Gasteiger partial charge in [0.15, 0.2) is 0 Å². The van der Waals surface area contributed by atoms with Crippen LogP contribution in [-0.4, -0.2) is 47.7 Å². The van der Waals surface area contributed by atoms with Crippen molar-refractivity contribution in [3.63, 3.8) is 0 Å². The number of carboxylic acid groups (broad SMARTS) is 1. The fraction of sp³-hybridized carbons (Fsp3) is 0.500. The molecule has 0 spiro atoms. The highest BCUT2D eigenvalue weighted by Crippen LogP contribution is 2.48. The summed E-state index contributed by atoms with van der Waals surface area (Å²) in [7, 11) is 0. The minimum atomic E-state index is -0.927. The number of carboxylic acids is 1. The number of halogens is 1. The molecule has 1 aromatic carbocycles. The zero-order valence-electron chi connectivity index (χ0n) is 12.1. The van der Waals surface area contributed by atoms with E-state index in [4.69, 9.17) is 9.84 Å². The lowest BCUT2D eigenvalue weighted by molar-refractivity contribution is -0.148. The van der Waals surface area contributed by atoms with Gasteiger partial charge in [0.25, 0.3) is 0 Å². The van der Waals surface area contributed by atoms with Crippen LogP contribution < -0.4 is 0 Å². The lowest BCUT2D eigenvalue weighted by Gasteiger charge is -2.32. The Hall–Kier alpha value is -1.95. The van der Waals surface area contributed by atoms with E-state index < -0.39 is 12.1 Å². The van der Waals surface area contributed by atoms with Crippen LogP contribution >= 0.6 is 0 Å². The Kier molecular flexibility index (Phi) is 4.11. The third-order valence-corrected chi connectivity index (χ3v) is 4.24. The van der Waals surface area contributed by atoms with Gasteiger partial charge in [-0.25, -0.2) is 4.39 Å². The summed E-state index contributed by atoms with van der Waals surface area (Å²) in [4.78, 5) is 24.9. The van der Waals surface area contributed by atoms with Crippen molar-refractivity contribution in [3.8, 4) is 0 Å². The molecule has 3 rings (SSSR count). The van der Waals surface area contributed by atoms with Gasteiger partial charge in [0.05, 0.1) is 19.1 Å². The number of carbonyl (C=O) groups excluding carboxylic acids is 1. The molecule has 2 aliphatic rings. The summed E-state index contributed by atoms with van der Waals surface area (Å²) in [5.41, 5.74) is 0.855. The van der Waals surface area contributed by atoms with E-state index in [1.54, 1.807) is 11.0 Å². The molecule has 0 unspecified atom stereocenters. The molecule has 0 radical (unpaired) electrons. The van der Waals surface area contributed by atoms with Crippen LogP contribution in [0.1, 0.15) is 24.3 Å². The van der Waals surface area contributed by atoms with Crippen LogP contribution in [0.5, 0.6) is 0 Å². The van der Waals surface area contributed by atoms with Gasteiger partial charge in [-0.1, -0.05) is 12.1 Å². The largest absolute Gasteiger partial charge is 0.481 e. The molecule has 1 saturated carbocycles. The predicted octanol–water partition coefficient (Wildman–Crippen LogP) is 1.63. The highest BCUT2D eigenvalue weighted by atomic mass is 19.1. The molecule has 1 N–H and O–H groups in total. The molecule has 0 aromatic heterocycles. The van der Waals surface area contributed by atoms with Crippen molar-refractivity contribution in [2.24, 2.45) is 5.92 Å². The maximum absolute atomic E-state index is 13.2. The van der Waals surface area contributed by atoms with Crippen molar-refractivity contribution in [1.29, 1.82) is 0 Å². The smallest absolute Gasteiger partial charge is 0.306 e. The van der Waals surface area contributed by atoms with E-state index in [9.17, 15) is 14.0 Å². The molecule has 1 aromatic rings. The Balaban J connectivity index is 1.59. The van der Waals surface area contributed by atoms with E-state index in [1.165, 1.54) is 12.1 Å². The lowest BCUT2D eigenvalue weighted by atomic mass is 10.1. The number of nitrogens with zero attached hydrogens (tertiary/aromatic N) is 1. The Bertz CT molecular complexity index is 591. The second kappa shape index (κ2) is 6.04. The second-order valence-corrected chi connectivity index (χ2v) is 5.88. The Morgan fingerprint density at radius 2 is 2.23 bits per heavy atom. The number of hydrogen-bond donors (Lipinski definition) is 1. The van der Waals surface area contributed by atoms with Crippen LogP contribution in [0.4, 0.5) is 4.39 Å². The van der Waals surface area contributed by atoms with Gasteiger partial charge >= 0.3 is 5.97 Å². The van der Waals surface area contributed by atoms with E-state index in [0.717, 1.165) is 12.0 Å². The van der Waals surface area contributed by atoms with Gasteiger partial charge < -0.3 is 14.7 Å². The Morgan fingerprint density at radius 3 is 2.95 bits per heavy atom. The first kappa shape index (κ1) is 15.0. The summed E-state index contributed by atoms with van der Waals surface area (Å²) in [6, 6.07) is 6.36. The van der Waals surface area contributed by atoms with Gasteiger partial charge in [0.1, 0.15) is 5.82 Å². The number of amides is 1. The van der Waals surface area contributed by atoms with Gasteiger partial charge in [-0.2, -0.15) is 0 Å². The van der Waals surface area contributed by atoms with Gasteiger partial charge in [-0.3, -0.25) is 9.59 Å². The van der Waals surface area contributed by atoms with Crippen LogP contribution in [0.2, 0.25) is 0 Å². The molecule has 118 valence electrons. The maximum atomic E-state index is 13.2. The van der Waals surface area contributed by atoms with E-state index in [0.29, 0.717) is 19.7 Å². The van der Waals surface area contributed by atoms with Crippen LogP contribution in [0, 0.1) is 11.7 Å². The van der Waals surface area contributed by atoms with Crippen molar-refractivity contribution in [1.82, 2.24) is 4.90 Å². The highest BCUT2D eigenvalue weighted by molar-refractivity contribution is 5.83. The monoisotopic (exact) mass is 307 g/mol. The van der Waals surface area contributed by atoms with Gasteiger partial charge in [-0.05, 0) is 30.0 Å². The zero-order valence-corrected chi connectivity index (χ0v) is 12.1. The SMILES string of the molecule is O=C(O)C[C@@H]1CN(C(=O)[C@H]2C[C@H]2c2cccc(F)c2)CCO1. The van der Waals surface area contributed by atoms with Crippen LogP contribution in [0.3, 0.4) is 0 Å². The summed E-state index contributed by atoms with van der Waals surface area (Å²) in [5.74, 6) is -1.24. The summed E-state index contributed by atoms with van der Waals surface area (Å²) in [6.45, 7) is 1.17. The minimum Gasteiger partial charge on any atom is -0.481 e. The van der Waals surface area contributed by atoms with Gasteiger partial charge in [-0.15, -0.1) is 0 Å². The number of benzene rings is 1. The normalized spacial score (nSPS) is 27.5. The molecule has 1 amide bonds. The van der Waals surface area contributed by atoms with Crippen LogP contribution in [0.15, 0.2) is 24.3 Å². The standard InChI is InChI=1S/C16H18FNO4/c17-11-3-1-2-10(6-11)13-8-14(13)16(21)18-4-5-22-12(9-18)7-15(19)20/h1-3,6,12-14H,4-5,7-9H2,(H,19,20)/t12-,13+,14+/m1/s1. The van der Waals surface area contributed by atoms with Gasteiger partial charge in [0.2, 0.25) is 5.91 Å². The van der Waals surface area contributed by atoms with Crippen molar-refractivity contribution in [3.05, 3.63) is 35.6 Å². The summed E-state index contributed by atoms with van der Waals surface area (Å²) < 4.78 is 18.6. The summed E-state index contributed by atoms with van der Waals surface area (Å²) >= 11 is 0. The molecule has 3 atom stereocenters. The molecule has 0 bridgehead atoms. The molecule has 5 nitrogen and oxygen atoms in total. The maximum Gasteiger partial charge on any atom is 0.306 e. The van der Waals surface area contributed by atoms with Gasteiger partial charge in [0, 0.05) is 19.0 Å². The van der Waals surface area contributed by atoms with E-state index in [1.807, 2.05) is 6.07 Å². The summed E-state index contributed by atoms with van der Waals surface area (Å²) in [6.07, 6.45) is 0.187. The van der Waals surface area contributed by atoms with Crippen molar-refractivity contribution in [2.75, 3.05) is 19.7 Å². The predicted molar refractivity (Wildman–Crippen MR) is 75.8 cm³/mol. The van der Waals surface area contributed by atoms with Crippen molar-refractivity contribution >= 4 is 11.9 Å². The third kappa shape index (κ3) is 3.27. The molecular weight excluding hydrogens is 289 g/mol. The van der Waals surface area contributed by atoms with Crippen molar-refractivity contribution < 1.29 is 23.8 Å². The molecule has 1 heterocycles. The molecule has 2 fully saturated rings. The fourth-order valence-corrected chi connectivity index (χ4v) is 3.05. The number of carbonyl (C=O) groups is 2. The Labute approximate surface area is 127 Å². The fourth-order valence-electron chi connectivity index (χ4n) is 3.05. The Morgan fingerprint density at radius 1 is 1.41 bits per heavy atom. The van der Waals surface area contributed by atoms with E-state index >= 15 is 0 Å². The first-order valence-corrected chi connectivity index (χ1v) is 7.42. The molecule has 1 aliphatic carbocycles. The topological polar surface area (TPSA) is 66.8 Å². The first-order chi connectivity index (χ1) is 10.5. The number of hydrogen-bond acceptors (Lipinski definition) is 3. The highest BCUT2D eigenvalue weighted by Gasteiger charge is 2.46. The van der Waals surface area contributed by atoms with E-state index in [-0.39, 0.29) is 30.0 Å².